The number of halogens is 1. The molecular formula is C23H19ClN2O3S2. The number of carbonyl (C=O) groups excluding carboxylic acids is 1. The maximum atomic E-state index is 13.5. The number of aromatic nitrogens is 1. The van der Waals surface area contributed by atoms with Crippen LogP contribution in [0, 0.1) is 0 Å². The molecule has 8 heteroatoms. The second kappa shape index (κ2) is 8.86. The molecule has 5 nitrogen and oxygen atoms in total. The molecule has 0 bridgehead atoms. The molecule has 0 N–H and O–H groups in total. The monoisotopic (exact) mass is 470 g/mol. The lowest BCUT2D eigenvalue weighted by Crippen LogP contribution is -2.39. The minimum absolute atomic E-state index is 0.225. The van der Waals surface area contributed by atoms with Crippen LogP contribution in [0.4, 0.5) is 0 Å². The van der Waals surface area contributed by atoms with Gasteiger partial charge in [-0.25, -0.2) is 9.79 Å². The number of thioether (sulfide) groups is 1. The average Bonchev–Trinajstić information content (AvgIpc) is 3.08. The Kier molecular flexibility index (Phi) is 6.18. The quantitative estimate of drug-likeness (QED) is 0.430. The van der Waals surface area contributed by atoms with Crippen LogP contribution in [-0.4, -0.2) is 23.9 Å². The Morgan fingerprint density at radius 1 is 1.23 bits per heavy atom. The topological polar surface area (TPSA) is 60.7 Å². The normalized spacial score (nSPS) is 16.1. The number of fused-ring (bicyclic) bond motifs is 1. The highest BCUT2D eigenvalue weighted by molar-refractivity contribution is 7.98. The van der Waals surface area contributed by atoms with Gasteiger partial charge in [0, 0.05) is 9.92 Å². The van der Waals surface area contributed by atoms with Crippen molar-refractivity contribution in [3.63, 3.8) is 0 Å². The third-order valence-corrected chi connectivity index (χ3v) is 7.12. The maximum Gasteiger partial charge on any atom is 0.338 e. The summed E-state index contributed by atoms with van der Waals surface area (Å²) in [5.74, 6) is -0.499. The SMILES string of the molecule is COC(=O)C1=C(C)N=c2sc(=Cc3ccccc3Cl)c(=O)n2C1c1ccc(SC)cc1. The van der Waals surface area contributed by atoms with Gasteiger partial charge < -0.3 is 4.74 Å². The zero-order valence-corrected chi connectivity index (χ0v) is 19.5. The van der Waals surface area contributed by atoms with E-state index >= 15 is 0 Å². The minimum atomic E-state index is -0.618. The van der Waals surface area contributed by atoms with Crippen LogP contribution in [0.2, 0.25) is 5.02 Å². The lowest BCUT2D eigenvalue weighted by molar-refractivity contribution is -0.136. The van der Waals surface area contributed by atoms with Gasteiger partial charge in [-0.3, -0.25) is 9.36 Å². The van der Waals surface area contributed by atoms with E-state index in [1.807, 2.05) is 48.7 Å². The average molecular weight is 471 g/mol. The molecule has 1 aromatic heterocycles. The summed E-state index contributed by atoms with van der Waals surface area (Å²) in [6, 6.07) is 14.5. The Bertz CT molecular complexity index is 1370. The first kappa shape index (κ1) is 21.6. The number of ether oxygens (including phenoxy) is 1. The number of carbonyl (C=O) groups is 1. The van der Waals surface area contributed by atoms with Crippen LogP contribution in [-0.2, 0) is 9.53 Å². The number of rotatable bonds is 4. The van der Waals surface area contributed by atoms with Crippen molar-refractivity contribution < 1.29 is 9.53 Å². The van der Waals surface area contributed by atoms with Gasteiger partial charge in [0.05, 0.1) is 29.0 Å². The van der Waals surface area contributed by atoms with E-state index in [9.17, 15) is 9.59 Å². The summed E-state index contributed by atoms with van der Waals surface area (Å²) in [6.07, 6.45) is 3.76. The standard InChI is InChI=1S/C23H19ClN2O3S2/c1-13-19(22(28)29-2)20(14-8-10-16(30-3)11-9-14)26-21(27)18(31-23(26)25-13)12-15-6-4-5-7-17(15)24/h4-12,20H,1-3H3. The van der Waals surface area contributed by atoms with Gasteiger partial charge in [0.2, 0.25) is 0 Å². The van der Waals surface area contributed by atoms with Crippen LogP contribution in [0.25, 0.3) is 6.08 Å². The highest BCUT2D eigenvalue weighted by Gasteiger charge is 2.33. The largest absolute Gasteiger partial charge is 0.466 e. The van der Waals surface area contributed by atoms with E-state index in [-0.39, 0.29) is 5.56 Å². The molecule has 31 heavy (non-hydrogen) atoms. The number of esters is 1. The molecule has 0 amide bonds. The molecule has 158 valence electrons. The number of allylic oxidation sites excluding steroid dienone is 1. The number of hydrogen-bond donors (Lipinski definition) is 0. The Labute approximate surface area is 192 Å². The molecule has 3 aromatic rings. The first-order chi connectivity index (χ1) is 14.9. The molecule has 1 atom stereocenters. The highest BCUT2D eigenvalue weighted by atomic mass is 35.5. The Balaban J connectivity index is 1.97. The first-order valence-electron chi connectivity index (χ1n) is 9.44. The molecule has 1 aliphatic rings. The Morgan fingerprint density at radius 2 is 1.94 bits per heavy atom. The van der Waals surface area contributed by atoms with Crippen molar-refractivity contribution in [2.24, 2.45) is 4.99 Å². The van der Waals surface area contributed by atoms with E-state index in [1.165, 1.54) is 18.4 Å². The van der Waals surface area contributed by atoms with Crippen molar-refractivity contribution in [3.8, 4) is 0 Å². The predicted molar refractivity (Wildman–Crippen MR) is 125 cm³/mol. The number of thiazole rings is 1. The highest BCUT2D eigenvalue weighted by Crippen LogP contribution is 2.31. The van der Waals surface area contributed by atoms with Crippen LogP contribution in [0.15, 0.2) is 74.5 Å². The zero-order valence-electron chi connectivity index (χ0n) is 17.1. The van der Waals surface area contributed by atoms with E-state index in [1.54, 1.807) is 35.4 Å². The van der Waals surface area contributed by atoms with Gasteiger partial charge in [-0.1, -0.05) is 53.3 Å². The van der Waals surface area contributed by atoms with Crippen molar-refractivity contribution >= 4 is 46.7 Å². The van der Waals surface area contributed by atoms with Crippen LogP contribution in [0.5, 0.6) is 0 Å². The second-order valence-electron chi connectivity index (χ2n) is 6.87. The number of benzene rings is 2. The summed E-state index contributed by atoms with van der Waals surface area (Å²) in [4.78, 5) is 32.3. The summed E-state index contributed by atoms with van der Waals surface area (Å²) in [6.45, 7) is 1.76. The number of nitrogens with zero attached hydrogens (tertiary/aromatic N) is 2. The molecule has 0 spiro atoms. The van der Waals surface area contributed by atoms with Crippen molar-refractivity contribution in [3.05, 3.63) is 95.6 Å². The fourth-order valence-electron chi connectivity index (χ4n) is 3.53. The molecule has 1 unspecified atom stereocenters. The molecule has 0 saturated heterocycles. The summed E-state index contributed by atoms with van der Waals surface area (Å²) in [5.41, 5.74) is 2.24. The molecule has 1 aliphatic heterocycles. The van der Waals surface area contributed by atoms with E-state index in [2.05, 4.69) is 4.99 Å². The molecule has 0 saturated carbocycles. The number of hydrogen-bond acceptors (Lipinski definition) is 6. The summed E-state index contributed by atoms with van der Waals surface area (Å²) < 4.78 is 7.10. The molecule has 0 radical (unpaired) electrons. The van der Waals surface area contributed by atoms with Crippen molar-refractivity contribution in [1.29, 1.82) is 0 Å². The first-order valence-corrected chi connectivity index (χ1v) is 11.9. The van der Waals surface area contributed by atoms with Gasteiger partial charge in [-0.05, 0) is 48.6 Å². The summed E-state index contributed by atoms with van der Waals surface area (Å²) in [5, 5.41) is 0.559. The summed E-state index contributed by atoms with van der Waals surface area (Å²) >= 11 is 9.18. The Hall–Kier alpha value is -2.61. The van der Waals surface area contributed by atoms with Crippen LogP contribution in [0.3, 0.4) is 0 Å². The number of methoxy groups -OCH3 is 1. The molecule has 4 rings (SSSR count). The van der Waals surface area contributed by atoms with Gasteiger partial charge in [0.1, 0.15) is 0 Å². The van der Waals surface area contributed by atoms with Gasteiger partial charge in [0.25, 0.3) is 5.56 Å². The third-order valence-electron chi connectivity index (χ3n) is 5.05. The Morgan fingerprint density at radius 3 is 2.58 bits per heavy atom. The zero-order chi connectivity index (χ0) is 22.1. The molecule has 0 fully saturated rings. The van der Waals surface area contributed by atoms with E-state index in [4.69, 9.17) is 16.3 Å². The van der Waals surface area contributed by atoms with Gasteiger partial charge >= 0.3 is 5.97 Å². The van der Waals surface area contributed by atoms with Crippen molar-refractivity contribution in [2.45, 2.75) is 17.9 Å². The maximum absolute atomic E-state index is 13.5. The van der Waals surface area contributed by atoms with Gasteiger partial charge in [-0.15, -0.1) is 11.8 Å². The van der Waals surface area contributed by atoms with Crippen LogP contribution >= 0.6 is 34.7 Å². The lowest BCUT2D eigenvalue weighted by Gasteiger charge is -2.24. The second-order valence-corrected chi connectivity index (χ2v) is 9.16. The van der Waals surface area contributed by atoms with Crippen LogP contribution < -0.4 is 14.9 Å². The van der Waals surface area contributed by atoms with Crippen molar-refractivity contribution in [1.82, 2.24) is 4.57 Å². The van der Waals surface area contributed by atoms with Gasteiger partial charge in [-0.2, -0.15) is 0 Å². The van der Waals surface area contributed by atoms with E-state index < -0.39 is 12.0 Å². The summed E-state index contributed by atoms with van der Waals surface area (Å²) in [7, 11) is 1.33. The van der Waals surface area contributed by atoms with E-state index in [0.29, 0.717) is 25.6 Å². The molecule has 2 aromatic carbocycles. The molecule has 0 aliphatic carbocycles. The molecule has 2 heterocycles. The van der Waals surface area contributed by atoms with E-state index in [0.717, 1.165) is 16.0 Å². The fourth-order valence-corrected chi connectivity index (χ4v) is 5.16. The fraction of sp³-hybridized carbons (Fsp3) is 0.174. The van der Waals surface area contributed by atoms with Crippen molar-refractivity contribution in [2.75, 3.05) is 13.4 Å². The smallest absolute Gasteiger partial charge is 0.338 e. The van der Waals surface area contributed by atoms with Gasteiger partial charge in [0.15, 0.2) is 4.80 Å². The predicted octanol–water partition coefficient (Wildman–Crippen LogP) is 3.78. The minimum Gasteiger partial charge on any atom is -0.466 e. The third kappa shape index (κ3) is 4.01. The van der Waals surface area contributed by atoms with Crippen LogP contribution in [0.1, 0.15) is 24.1 Å². The lowest BCUT2D eigenvalue weighted by atomic mass is 9.96. The molecular weight excluding hydrogens is 452 g/mol.